The van der Waals surface area contributed by atoms with Gasteiger partial charge in [0.05, 0.1) is 129 Å². The van der Waals surface area contributed by atoms with Crippen LogP contribution in [0.25, 0.3) is 0 Å². The molecule has 26 nitrogen and oxygen atoms in total. The number of nitrogens with zero attached hydrogens (tertiary/aromatic N) is 2. The zero-order chi connectivity index (χ0) is 96.2. The lowest BCUT2D eigenvalue weighted by atomic mass is 9.89. The highest BCUT2D eigenvalue weighted by Gasteiger charge is 2.54. The predicted molar refractivity (Wildman–Crippen MR) is 527 cm³/mol. The number of carbonyl (C=O) groups excluding carboxylic acids is 3. The first kappa shape index (κ1) is 101. The lowest BCUT2D eigenvalue weighted by Gasteiger charge is -2.49. The van der Waals surface area contributed by atoms with Crippen molar-refractivity contribution in [1.82, 2.24) is 30.4 Å². The van der Waals surface area contributed by atoms with E-state index >= 15 is 4.79 Å². The van der Waals surface area contributed by atoms with Gasteiger partial charge in [-0.25, -0.2) is 4.79 Å². The van der Waals surface area contributed by atoms with Crippen molar-refractivity contribution in [2.24, 2.45) is 0 Å². The molecule has 3 amide bonds. The molecular weight excluding hydrogens is 1770 g/mol. The minimum atomic E-state index is -1.15. The van der Waals surface area contributed by atoms with Crippen molar-refractivity contribution in [1.29, 1.82) is 0 Å². The number of ether oxygens (including phenoxy) is 15. The first-order valence-corrected chi connectivity index (χ1v) is 48.4. The summed E-state index contributed by atoms with van der Waals surface area (Å²) < 4.78 is 109. The zero-order valence-electron chi connectivity index (χ0n) is 79.1. The summed E-state index contributed by atoms with van der Waals surface area (Å²) in [6.45, 7) is 5.10. The van der Waals surface area contributed by atoms with Crippen LogP contribution in [0.15, 0.2) is 356 Å². The average Bonchev–Trinajstić information content (AvgIpc) is 1.24. The molecule has 0 radical (unpaired) electrons. The Balaban J connectivity index is 0.797. The van der Waals surface area contributed by atoms with E-state index in [1.165, 1.54) is 30.7 Å². The fourth-order valence-electron chi connectivity index (χ4n) is 18.7. The third kappa shape index (κ3) is 29.7. The normalized spacial score (nSPS) is 24.0. The highest BCUT2D eigenvalue weighted by Crippen LogP contribution is 2.39. The monoisotopic (exact) mass is 1900 g/mol. The summed E-state index contributed by atoms with van der Waals surface area (Å²) in [6, 6.07) is 108. The molecule has 4 N–H and O–H groups in total. The minimum Gasteiger partial charge on any atom is -0.374 e. The molecular formula is C114H126N6O20. The summed E-state index contributed by atoms with van der Waals surface area (Å²) >= 11 is 0. The van der Waals surface area contributed by atoms with Crippen LogP contribution in [0.3, 0.4) is 0 Å². The van der Waals surface area contributed by atoms with Crippen LogP contribution in [-0.2, 0) is 158 Å². The van der Waals surface area contributed by atoms with Crippen LogP contribution in [0.4, 0.5) is 0 Å². The van der Waals surface area contributed by atoms with Crippen LogP contribution >= 0.6 is 0 Å². The highest BCUT2D eigenvalue weighted by atomic mass is 16.6. The van der Waals surface area contributed by atoms with Gasteiger partial charge in [-0.1, -0.05) is 334 Å². The standard InChI is InChI=1S/C114H126N6O20/c1-80(121)116-102-93(137-98(78-126-67-82-36-14-3-15-37-82)107(131-72-87-46-24-8-25-47-87)109(102)133-74-89-50-28-10-29-51-89)58-61-119(62-59-94-103(117-81(2)122)110(134-75-90-52-30-11-31-53-90)108(132-73-88-48-26-9-27-49-88)99(138-94)79-127-68-83-38-16-4-17-39-83)66-97-106(130-71-86-44-22-7-23-45-86)111(135-76-91-54-32-12-33-55-91)104(128-69-84-40-18-5-19-41-84)95(139-97)64-101(124)115-65-96-105(129-70-85-42-20-6-21-43-85)112(136-77-92-56-34-13-35-57-92)113(140-96)120-63-60-100(123)118-114(120)125/h3-57,60,63,93-99,102-113H,58-59,61-62,64-79H2,1-2H3,(H,115,124)(H,116,121)(H,117,122)(H,118,123,125)/t93-,94-,95-,96-,97-,98-,99-,102+,103+,104+,105-,106-,107-,108-,109-,110-,111-,112-,113-/m1/s1. The second-order valence-electron chi connectivity index (χ2n) is 35.9. The van der Waals surface area contributed by atoms with Crippen molar-refractivity contribution < 1.29 is 85.4 Å². The number of H-pyrrole nitrogens is 1. The van der Waals surface area contributed by atoms with E-state index in [0.29, 0.717) is 0 Å². The molecule has 26 heteroatoms. The van der Waals surface area contributed by atoms with Gasteiger partial charge in [-0.05, 0) is 74.0 Å². The Morgan fingerprint density at radius 1 is 0.307 bits per heavy atom. The molecule has 0 aliphatic carbocycles. The predicted octanol–water partition coefficient (Wildman–Crippen LogP) is 15.0. The largest absolute Gasteiger partial charge is 0.374 e. The van der Waals surface area contributed by atoms with Crippen LogP contribution in [0.1, 0.15) is 101 Å². The molecule has 4 fully saturated rings. The summed E-state index contributed by atoms with van der Waals surface area (Å²) in [6.07, 6.45) is -14.1. The Bertz CT molecular complexity index is 5590. The maximum atomic E-state index is 16.0. The number of hydrogen-bond acceptors (Lipinski definition) is 21. The number of aromatic amines is 1. The number of benzene rings is 11. The molecule has 5 heterocycles. The summed E-state index contributed by atoms with van der Waals surface area (Å²) in [7, 11) is 0. The molecule has 4 aliphatic heterocycles. The van der Waals surface area contributed by atoms with Crippen molar-refractivity contribution in [2.75, 3.05) is 39.4 Å². The van der Waals surface area contributed by atoms with Gasteiger partial charge in [0.1, 0.15) is 73.2 Å². The molecule has 0 unspecified atom stereocenters. The molecule has 140 heavy (non-hydrogen) atoms. The number of hydrogen-bond donors (Lipinski definition) is 4. The third-order valence-corrected chi connectivity index (χ3v) is 25.6. The summed E-state index contributed by atoms with van der Waals surface area (Å²) in [5.41, 5.74) is 8.48. The quantitative estimate of drug-likeness (QED) is 0.0276. The molecule has 19 atom stereocenters. The van der Waals surface area contributed by atoms with E-state index in [1.54, 1.807) is 0 Å². The van der Waals surface area contributed by atoms with Crippen molar-refractivity contribution in [3.63, 3.8) is 0 Å². The molecule has 11 aromatic carbocycles. The fourth-order valence-corrected chi connectivity index (χ4v) is 18.7. The minimum absolute atomic E-state index is 0.0657. The Morgan fingerprint density at radius 2 is 0.579 bits per heavy atom. The summed E-state index contributed by atoms with van der Waals surface area (Å²) in [5.74, 6) is -1.11. The van der Waals surface area contributed by atoms with Gasteiger partial charge in [-0.15, -0.1) is 0 Å². The summed E-state index contributed by atoms with van der Waals surface area (Å²) in [4.78, 5) is 76.1. The van der Waals surface area contributed by atoms with E-state index in [-0.39, 0.29) is 143 Å². The molecule has 4 saturated heterocycles. The Hall–Kier alpha value is -12.1. The topological polar surface area (TPSA) is 284 Å². The molecule has 0 bridgehead atoms. The Kier molecular flexibility index (Phi) is 38.1. The summed E-state index contributed by atoms with van der Waals surface area (Å²) in [5, 5.41) is 9.96. The Morgan fingerprint density at radius 3 is 0.893 bits per heavy atom. The van der Waals surface area contributed by atoms with Crippen molar-refractivity contribution in [2.45, 2.75) is 222 Å². The van der Waals surface area contributed by atoms with Gasteiger partial charge in [-0.2, -0.15) is 0 Å². The van der Waals surface area contributed by atoms with Gasteiger partial charge in [0.15, 0.2) is 6.23 Å². The number of amides is 3. The first-order valence-electron chi connectivity index (χ1n) is 48.4. The molecule has 1 aromatic heterocycles. The molecule has 12 aromatic rings. The van der Waals surface area contributed by atoms with E-state index in [0.717, 1.165) is 61.2 Å². The maximum absolute atomic E-state index is 16.0. The van der Waals surface area contributed by atoms with E-state index < -0.39 is 133 Å². The zero-order valence-corrected chi connectivity index (χ0v) is 79.1. The van der Waals surface area contributed by atoms with Gasteiger partial charge < -0.3 is 91.9 Å². The van der Waals surface area contributed by atoms with Crippen LogP contribution in [0.2, 0.25) is 0 Å². The van der Waals surface area contributed by atoms with Gasteiger partial charge in [0.2, 0.25) is 17.7 Å². The third-order valence-electron chi connectivity index (χ3n) is 25.6. The van der Waals surface area contributed by atoms with E-state index in [2.05, 4.69) is 25.8 Å². The smallest absolute Gasteiger partial charge is 0.330 e. The number of nitrogens with one attached hydrogen (secondary N) is 4. The van der Waals surface area contributed by atoms with Gasteiger partial charge in [0, 0.05) is 52.3 Å². The van der Waals surface area contributed by atoms with Crippen LogP contribution in [0, 0.1) is 0 Å². The lowest BCUT2D eigenvalue weighted by Crippen LogP contribution is -2.66. The van der Waals surface area contributed by atoms with Gasteiger partial charge in [-0.3, -0.25) is 28.7 Å². The van der Waals surface area contributed by atoms with Crippen molar-refractivity contribution in [3.8, 4) is 0 Å². The van der Waals surface area contributed by atoms with E-state index in [9.17, 15) is 19.2 Å². The van der Waals surface area contributed by atoms with Gasteiger partial charge >= 0.3 is 5.69 Å². The molecule has 0 spiro atoms. The highest BCUT2D eigenvalue weighted by molar-refractivity contribution is 5.76. The Labute approximate surface area is 818 Å². The number of aromatic nitrogens is 2. The van der Waals surface area contributed by atoms with Crippen molar-refractivity contribution in [3.05, 3.63) is 428 Å². The number of carbonyl (C=O) groups is 3. The SMILES string of the molecule is CC(=O)N[C@@H]1[C@@H](OCc2ccccc2)[C@H](OCc2ccccc2)[C@@H](COCc2ccccc2)O[C@@H]1CCN(CC[C@H]1O[C@H](COCc2ccccc2)[C@@H](OCc2ccccc2)[C@H](OCc2ccccc2)[C@H]1NC(C)=O)C[C@H]1O[C@H](CC(=O)NC[C@H]2O[C@@H](n3ccc(=O)[nH]c3=O)[C@H](OCc3ccccc3)[C@@H]2OCc2ccccc2)[C@H](OCc2ccccc2)[C@@H](OCc2ccccc2)[C@@H]1OCc1ccccc1. The van der Waals surface area contributed by atoms with Crippen LogP contribution < -0.4 is 27.2 Å². The average molecular weight is 1900 g/mol. The molecule has 16 rings (SSSR count). The van der Waals surface area contributed by atoms with E-state index in [4.69, 9.17) is 71.1 Å². The first-order chi connectivity index (χ1) is 68.8. The molecule has 0 saturated carbocycles. The second-order valence-corrected chi connectivity index (χ2v) is 35.9. The lowest BCUT2D eigenvalue weighted by molar-refractivity contribution is -0.267. The van der Waals surface area contributed by atoms with Crippen LogP contribution in [0.5, 0.6) is 0 Å². The van der Waals surface area contributed by atoms with Gasteiger partial charge in [0.25, 0.3) is 5.56 Å². The van der Waals surface area contributed by atoms with Crippen LogP contribution in [-0.4, -0.2) is 181 Å². The molecule has 4 aliphatic rings. The van der Waals surface area contributed by atoms with E-state index in [1.807, 2.05) is 334 Å². The van der Waals surface area contributed by atoms with Crippen molar-refractivity contribution >= 4 is 17.7 Å². The maximum Gasteiger partial charge on any atom is 0.330 e. The second kappa shape index (κ2) is 52.9. The fraction of sp³-hybridized carbons (Fsp3) is 0.360. The molecule has 732 valence electrons. The number of rotatable bonds is 50.